The number of sulfonamides is 1. The summed E-state index contributed by atoms with van der Waals surface area (Å²) in [6.07, 6.45) is 2.34. The molecule has 6 nitrogen and oxygen atoms in total. The molecule has 1 aromatic heterocycles. The Bertz CT molecular complexity index is 756. The molecule has 0 fully saturated rings. The molecule has 0 unspecified atom stereocenters. The molecule has 1 heterocycles. The van der Waals surface area contributed by atoms with Crippen LogP contribution in [0.1, 0.15) is 19.2 Å². The number of halogens is 1. The quantitative estimate of drug-likeness (QED) is 0.828. The molecule has 114 valence electrons. The monoisotopic (exact) mass is 312 g/mol. The highest BCUT2D eigenvalue weighted by molar-refractivity contribution is 7.92. The van der Waals surface area contributed by atoms with E-state index in [0.29, 0.717) is 12.4 Å². The van der Waals surface area contributed by atoms with Gasteiger partial charge in [0.2, 0.25) is 0 Å². The van der Waals surface area contributed by atoms with Crippen LogP contribution < -0.4 is 10.5 Å². The van der Waals surface area contributed by atoms with Crippen LogP contribution in [0.25, 0.3) is 0 Å². The van der Waals surface area contributed by atoms with Gasteiger partial charge in [-0.2, -0.15) is 8.42 Å². The van der Waals surface area contributed by atoms with Crippen LogP contribution in [-0.4, -0.2) is 18.0 Å². The van der Waals surface area contributed by atoms with Crippen molar-refractivity contribution in [3.05, 3.63) is 36.0 Å². The Morgan fingerprint density at radius 3 is 2.76 bits per heavy atom. The molecule has 0 radical (unpaired) electrons. The Morgan fingerprint density at radius 1 is 1.43 bits per heavy atom. The molecule has 2 aromatic rings. The van der Waals surface area contributed by atoms with Crippen LogP contribution in [0.15, 0.2) is 29.4 Å². The summed E-state index contributed by atoms with van der Waals surface area (Å²) < 4.78 is 41.8. The molecule has 0 aliphatic heterocycles. The van der Waals surface area contributed by atoms with Crippen molar-refractivity contribution in [3.63, 3.8) is 0 Å². The van der Waals surface area contributed by atoms with Gasteiger partial charge in [0.05, 0.1) is 11.4 Å². The minimum atomic E-state index is -3.85. The lowest BCUT2D eigenvalue weighted by Crippen LogP contribution is -2.13. The fourth-order valence-electron chi connectivity index (χ4n) is 1.87. The number of rotatable bonds is 5. The number of hydrogen-bond acceptors (Lipinski definition) is 4. The fraction of sp³-hybridized carbons (Fsp3) is 0.308. The maximum Gasteiger partial charge on any atom is 0.280 e. The highest BCUT2D eigenvalue weighted by Crippen LogP contribution is 2.19. The molecule has 0 spiro atoms. The lowest BCUT2D eigenvalue weighted by atomic mass is 10.3. The van der Waals surface area contributed by atoms with Gasteiger partial charge in [0, 0.05) is 18.8 Å². The van der Waals surface area contributed by atoms with E-state index in [1.54, 1.807) is 11.5 Å². The third kappa shape index (κ3) is 3.33. The molecular weight excluding hydrogens is 295 g/mol. The van der Waals surface area contributed by atoms with Gasteiger partial charge in [0.1, 0.15) is 11.6 Å². The normalized spacial score (nSPS) is 11.6. The predicted molar refractivity (Wildman–Crippen MR) is 78.9 cm³/mol. The minimum Gasteiger partial charge on any atom is -0.396 e. The Labute approximate surface area is 122 Å². The Kier molecular flexibility index (Phi) is 4.17. The number of nitrogen functional groups attached to an aromatic ring is 1. The predicted octanol–water partition coefficient (Wildman–Crippen LogP) is 2.12. The zero-order valence-corrected chi connectivity index (χ0v) is 12.6. The van der Waals surface area contributed by atoms with Crippen LogP contribution in [0, 0.1) is 12.7 Å². The van der Waals surface area contributed by atoms with Crippen molar-refractivity contribution in [3.8, 4) is 0 Å². The van der Waals surface area contributed by atoms with E-state index in [4.69, 9.17) is 5.73 Å². The third-order valence-electron chi connectivity index (χ3n) is 2.95. The third-order valence-corrected chi connectivity index (χ3v) is 4.20. The van der Waals surface area contributed by atoms with Crippen LogP contribution in [0.3, 0.4) is 0 Å². The smallest absolute Gasteiger partial charge is 0.280 e. The molecule has 0 amide bonds. The number of anilines is 2. The lowest BCUT2D eigenvalue weighted by molar-refractivity contribution is 0.597. The first-order chi connectivity index (χ1) is 9.83. The Hall–Kier alpha value is -2.09. The van der Waals surface area contributed by atoms with Crippen LogP contribution in [0.4, 0.5) is 15.8 Å². The molecule has 21 heavy (non-hydrogen) atoms. The van der Waals surface area contributed by atoms with Crippen LogP contribution in [0.5, 0.6) is 0 Å². The molecule has 0 saturated carbocycles. The standard InChI is InChI=1S/C13H17FN4O2S/c1-3-6-18-8-13(16-9(18)2)21(19,20)17-10-4-5-12(15)11(14)7-10/h4-5,7-8,17H,3,6,15H2,1-2H3. The van der Waals surface area contributed by atoms with Crippen molar-refractivity contribution in [2.45, 2.75) is 31.8 Å². The Balaban J connectivity index is 2.29. The van der Waals surface area contributed by atoms with Crippen LogP contribution >= 0.6 is 0 Å². The molecular formula is C13H17FN4O2S. The van der Waals surface area contributed by atoms with E-state index in [0.717, 1.165) is 12.5 Å². The van der Waals surface area contributed by atoms with E-state index < -0.39 is 15.8 Å². The minimum absolute atomic E-state index is 0.0407. The molecule has 2 rings (SSSR count). The average molecular weight is 312 g/mol. The van der Waals surface area contributed by atoms with Crippen LogP contribution in [-0.2, 0) is 16.6 Å². The molecule has 3 N–H and O–H groups in total. The van der Waals surface area contributed by atoms with E-state index in [1.807, 2.05) is 6.92 Å². The van der Waals surface area contributed by atoms with Gasteiger partial charge in [-0.1, -0.05) is 6.92 Å². The lowest BCUT2D eigenvalue weighted by Gasteiger charge is -2.06. The molecule has 0 atom stereocenters. The number of hydrogen-bond donors (Lipinski definition) is 2. The molecule has 0 saturated heterocycles. The number of nitrogens with two attached hydrogens (primary N) is 1. The molecule has 1 aromatic carbocycles. The zero-order valence-electron chi connectivity index (χ0n) is 11.8. The second-order valence-corrected chi connectivity index (χ2v) is 6.29. The largest absolute Gasteiger partial charge is 0.396 e. The number of benzene rings is 1. The average Bonchev–Trinajstić information content (AvgIpc) is 2.77. The van der Waals surface area contributed by atoms with Crippen LogP contribution in [0.2, 0.25) is 0 Å². The van der Waals surface area contributed by atoms with Gasteiger partial charge in [0.25, 0.3) is 10.0 Å². The SMILES string of the molecule is CCCn1cc(S(=O)(=O)Nc2ccc(N)c(F)c2)nc1C. The summed E-state index contributed by atoms with van der Waals surface area (Å²) in [6.45, 7) is 4.41. The first kappa shape index (κ1) is 15.3. The van der Waals surface area contributed by atoms with E-state index in [2.05, 4.69) is 9.71 Å². The van der Waals surface area contributed by atoms with E-state index >= 15 is 0 Å². The van der Waals surface area contributed by atoms with Crippen molar-refractivity contribution >= 4 is 21.4 Å². The first-order valence-corrected chi connectivity index (χ1v) is 7.93. The van der Waals surface area contributed by atoms with Gasteiger partial charge in [-0.05, 0) is 25.5 Å². The highest BCUT2D eigenvalue weighted by atomic mass is 32.2. The van der Waals surface area contributed by atoms with Crippen molar-refractivity contribution in [1.82, 2.24) is 9.55 Å². The molecule has 0 bridgehead atoms. The number of nitrogens with one attached hydrogen (secondary N) is 1. The zero-order chi connectivity index (χ0) is 15.6. The van der Waals surface area contributed by atoms with Gasteiger partial charge in [-0.25, -0.2) is 9.37 Å². The first-order valence-electron chi connectivity index (χ1n) is 6.45. The number of imidazole rings is 1. The van der Waals surface area contributed by atoms with Gasteiger partial charge in [-0.3, -0.25) is 4.72 Å². The van der Waals surface area contributed by atoms with E-state index in [-0.39, 0.29) is 16.4 Å². The van der Waals surface area contributed by atoms with E-state index in [9.17, 15) is 12.8 Å². The number of nitrogens with zero attached hydrogens (tertiary/aromatic N) is 2. The summed E-state index contributed by atoms with van der Waals surface area (Å²) in [5, 5.41) is -0.0920. The van der Waals surface area contributed by atoms with Gasteiger partial charge >= 0.3 is 0 Å². The van der Waals surface area contributed by atoms with Gasteiger partial charge in [0.15, 0.2) is 5.03 Å². The van der Waals surface area contributed by atoms with Gasteiger partial charge < -0.3 is 10.3 Å². The number of aryl methyl sites for hydroxylation is 2. The second-order valence-electron chi connectivity index (χ2n) is 4.66. The van der Waals surface area contributed by atoms with Crippen molar-refractivity contribution in [2.24, 2.45) is 0 Å². The second kappa shape index (κ2) is 5.72. The molecule has 0 aliphatic rings. The van der Waals surface area contributed by atoms with Gasteiger partial charge in [-0.15, -0.1) is 0 Å². The van der Waals surface area contributed by atoms with Crippen molar-refractivity contribution in [1.29, 1.82) is 0 Å². The Morgan fingerprint density at radius 2 is 2.14 bits per heavy atom. The highest BCUT2D eigenvalue weighted by Gasteiger charge is 2.19. The topological polar surface area (TPSA) is 90.0 Å². The molecule has 8 heteroatoms. The van der Waals surface area contributed by atoms with Crippen molar-refractivity contribution in [2.75, 3.05) is 10.5 Å². The maximum atomic E-state index is 13.3. The van der Waals surface area contributed by atoms with E-state index in [1.165, 1.54) is 18.3 Å². The molecule has 0 aliphatic carbocycles. The summed E-state index contributed by atoms with van der Waals surface area (Å²) in [7, 11) is -3.85. The van der Waals surface area contributed by atoms with Crippen molar-refractivity contribution < 1.29 is 12.8 Å². The summed E-state index contributed by atoms with van der Waals surface area (Å²) in [6, 6.07) is 3.72. The summed E-state index contributed by atoms with van der Waals surface area (Å²) >= 11 is 0. The fourth-order valence-corrected chi connectivity index (χ4v) is 2.93. The maximum absolute atomic E-state index is 13.3. The number of aromatic nitrogens is 2. The summed E-state index contributed by atoms with van der Waals surface area (Å²) in [5.74, 6) is -0.0661. The summed E-state index contributed by atoms with van der Waals surface area (Å²) in [5.41, 5.74) is 5.41. The summed E-state index contributed by atoms with van der Waals surface area (Å²) in [4.78, 5) is 4.03.